The molecule has 0 unspecified atom stereocenters. The van der Waals surface area contributed by atoms with Crippen LogP contribution in [0.15, 0.2) is 48.5 Å². The highest BCUT2D eigenvalue weighted by atomic mass is 16.5. The lowest BCUT2D eigenvalue weighted by molar-refractivity contribution is -0.120. The fourth-order valence-corrected chi connectivity index (χ4v) is 2.53. The van der Waals surface area contributed by atoms with Crippen LogP contribution in [0.25, 0.3) is 0 Å². The number of ether oxygens (including phenoxy) is 1. The number of hydrogen-bond acceptors (Lipinski definition) is 4. The summed E-state index contributed by atoms with van der Waals surface area (Å²) in [5.74, 6) is 0.636. The predicted molar refractivity (Wildman–Crippen MR) is 106 cm³/mol. The Morgan fingerprint density at radius 3 is 2.19 bits per heavy atom. The third-order valence-corrected chi connectivity index (χ3v) is 4.01. The minimum Gasteiger partial charge on any atom is -0.494 e. The van der Waals surface area contributed by atoms with Crippen LogP contribution in [0.2, 0.25) is 0 Å². The fourth-order valence-electron chi connectivity index (χ4n) is 2.53. The van der Waals surface area contributed by atoms with Crippen molar-refractivity contribution < 1.29 is 14.3 Å². The van der Waals surface area contributed by atoms with Gasteiger partial charge < -0.3 is 21.1 Å². The molecule has 0 bridgehead atoms. The monoisotopic (exact) mass is 369 g/mol. The first kappa shape index (κ1) is 20.5. The zero-order valence-corrected chi connectivity index (χ0v) is 15.7. The summed E-state index contributed by atoms with van der Waals surface area (Å²) >= 11 is 0. The molecule has 6 nitrogen and oxygen atoms in total. The Morgan fingerprint density at radius 1 is 0.926 bits per heavy atom. The highest BCUT2D eigenvalue weighted by Crippen LogP contribution is 2.12. The maximum Gasteiger partial charge on any atom is 0.251 e. The molecule has 0 spiro atoms. The van der Waals surface area contributed by atoms with E-state index in [0.29, 0.717) is 44.6 Å². The highest BCUT2D eigenvalue weighted by Gasteiger charge is 2.06. The van der Waals surface area contributed by atoms with Crippen LogP contribution in [0.4, 0.5) is 0 Å². The molecule has 0 aromatic heterocycles. The Bertz CT molecular complexity index is 727. The van der Waals surface area contributed by atoms with Crippen molar-refractivity contribution in [1.82, 2.24) is 10.6 Å². The molecule has 0 aliphatic rings. The van der Waals surface area contributed by atoms with E-state index in [4.69, 9.17) is 10.5 Å². The van der Waals surface area contributed by atoms with Crippen molar-refractivity contribution >= 4 is 11.8 Å². The summed E-state index contributed by atoms with van der Waals surface area (Å²) in [5, 5.41) is 5.71. The molecule has 4 N–H and O–H groups in total. The van der Waals surface area contributed by atoms with Crippen LogP contribution >= 0.6 is 0 Å². The van der Waals surface area contributed by atoms with Crippen molar-refractivity contribution in [3.63, 3.8) is 0 Å². The summed E-state index contributed by atoms with van der Waals surface area (Å²) in [7, 11) is 0. The van der Waals surface area contributed by atoms with Crippen LogP contribution in [-0.2, 0) is 17.8 Å². The van der Waals surface area contributed by atoms with Gasteiger partial charge in [0.1, 0.15) is 5.75 Å². The zero-order chi connectivity index (χ0) is 19.5. The average molecular weight is 369 g/mol. The number of nitrogens with two attached hydrogens (primary N) is 1. The van der Waals surface area contributed by atoms with E-state index in [-0.39, 0.29) is 11.8 Å². The first-order chi connectivity index (χ1) is 13.1. The molecule has 2 amide bonds. The normalized spacial score (nSPS) is 10.3. The van der Waals surface area contributed by atoms with Gasteiger partial charge in [0.25, 0.3) is 5.91 Å². The Balaban J connectivity index is 1.62. The lowest BCUT2D eigenvalue weighted by atomic mass is 10.1. The van der Waals surface area contributed by atoms with Gasteiger partial charge in [0.05, 0.1) is 13.0 Å². The highest BCUT2D eigenvalue weighted by molar-refractivity contribution is 5.94. The van der Waals surface area contributed by atoms with Gasteiger partial charge in [0, 0.05) is 25.2 Å². The van der Waals surface area contributed by atoms with E-state index >= 15 is 0 Å². The van der Waals surface area contributed by atoms with E-state index in [0.717, 1.165) is 16.9 Å². The van der Waals surface area contributed by atoms with Crippen LogP contribution in [0.3, 0.4) is 0 Å². The quantitative estimate of drug-likeness (QED) is 0.559. The Kier molecular flexibility index (Phi) is 8.32. The number of amides is 2. The Hall–Kier alpha value is -2.86. The van der Waals surface area contributed by atoms with E-state index in [1.165, 1.54) is 0 Å². The molecule has 6 heteroatoms. The zero-order valence-electron chi connectivity index (χ0n) is 15.7. The van der Waals surface area contributed by atoms with Crippen molar-refractivity contribution in [1.29, 1.82) is 0 Å². The van der Waals surface area contributed by atoms with Gasteiger partial charge in [-0.1, -0.05) is 24.3 Å². The van der Waals surface area contributed by atoms with Gasteiger partial charge in [-0.05, 0) is 48.7 Å². The molecule has 0 heterocycles. The fraction of sp³-hybridized carbons (Fsp3) is 0.333. The second-order valence-electron chi connectivity index (χ2n) is 6.11. The topological polar surface area (TPSA) is 93.5 Å². The largest absolute Gasteiger partial charge is 0.494 e. The van der Waals surface area contributed by atoms with Gasteiger partial charge in [-0.3, -0.25) is 9.59 Å². The number of nitrogens with one attached hydrogen (secondary N) is 2. The molecule has 2 aromatic rings. The predicted octanol–water partition coefficient (Wildman–Crippen LogP) is 2.02. The first-order valence-electron chi connectivity index (χ1n) is 9.18. The summed E-state index contributed by atoms with van der Waals surface area (Å²) < 4.78 is 5.38. The summed E-state index contributed by atoms with van der Waals surface area (Å²) in [6.45, 7) is 4.03. The van der Waals surface area contributed by atoms with Crippen LogP contribution in [0.1, 0.15) is 34.8 Å². The number of hydrogen-bond donors (Lipinski definition) is 3. The van der Waals surface area contributed by atoms with Gasteiger partial charge in [-0.25, -0.2) is 0 Å². The van der Waals surface area contributed by atoms with E-state index in [1.807, 2.05) is 43.3 Å². The van der Waals surface area contributed by atoms with E-state index in [2.05, 4.69) is 10.6 Å². The first-order valence-corrected chi connectivity index (χ1v) is 9.18. The second-order valence-corrected chi connectivity index (χ2v) is 6.11. The van der Waals surface area contributed by atoms with Crippen LogP contribution in [0, 0.1) is 0 Å². The van der Waals surface area contributed by atoms with Crippen LogP contribution in [-0.4, -0.2) is 31.5 Å². The number of benzene rings is 2. The Morgan fingerprint density at radius 2 is 1.56 bits per heavy atom. The number of rotatable bonds is 10. The molecule has 2 rings (SSSR count). The molecule has 0 saturated carbocycles. The molecular weight excluding hydrogens is 342 g/mol. The third kappa shape index (κ3) is 7.11. The average Bonchev–Trinajstić information content (AvgIpc) is 2.69. The molecule has 0 aliphatic heterocycles. The van der Waals surface area contributed by atoms with Gasteiger partial charge in [0.15, 0.2) is 0 Å². The SMILES string of the molecule is CCOc1ccc(CC(=O)NCCCNC(=O)c2ccc(CN)cc2)cc1. The van der Waals surface area contributed by atoms with Crippen molar-refractivity contribution in [3.05, 3.63) is 65.2 Å². The van der Waals surface area contributed by atoms with Gasteiger partial charge in [0.2, 0.25) is 5.91 Å². The second kappa shape index (κ2) is 11.0. The minimum atomic E-state index is -0.126. The summed E-state index contributed by atoms with van der Waals surface area (Å²) in [6.07, 6.45) is 0.994. The lowest BCUT2D eigenvalue weighted by Gasteiger charge is -2.08. The van der Waals surface area contributed by atoms with Gasteiger partial charge in [-0.2, -0.15) is 0 Å². The maximum absolute atomic E-state index is 12.0. The third-order valence-electron chi connectivity index (χ3n) is 4.01. The molecule has 0 fully saturated rings. The summed E-state index contributed by atoms with van der Waals surface area (Å²) in [5.41, 5.74) is 8.07. The van der Waals surface area contributed by atoms with E-state index in [1.54, 1.807) is 12.1 Å². The van der Waals surface area contributed by atoms with Gasteiger partial charge in [-0.15, -0.1) is 0 Å². The summed E-state index contributed by atoms with van der Waals surface area (Å²) in [4.78, 5) is 24.0. The standard InChI is InChI=1S/C21H27N3O3/c1-2-27-19-10-6-16(7-11-19)14-20(25)23-12-3-13-24-21(26)18-8-4-17(15-22)5-9-18/h4-11H,2-3,12-15,22H2,1H3,(H,23,25)(H,24,26). The van der Waals surface area contributed by atoms with Crippen molar-refractivity contribution in [3.8, 4) is 5.75 Å². The van der Waals surface area contributed by atoms with Crippen LogP contribution in [0.5, 0.6) is 5.75 Å². The molecule has 27 heavy (non-hydrogen) atoms. The maximum atomic E-state index is 12.0. The van der Waals surface area contributed by atoms with Crippen molar-refractivity contribution in [2.75, 3.05) is 19.7 Å². The minimum absolute atomic E-state index is 0.0390. The number of carbonyl (C=O) groups is 2. The van der Waals surface area contributed by atoms with Crippen molar-refractivity contribution in [2.45, 2.75) is 26.3 Å². The molecule has 0 atom stereocenters. The molecule has 2 aromatic carbocycles. The van der Waals surface area contributed by atoms with Gasteiger partial charge >= 0.3 is 0 Å². The summed E-state index contributed by atoms with van der Waals surface area (Å²) in [6, 6.07) is 14.7. The lowest BCUT2D eigenvalue weighted by Crippen LogP contribution is -2.30. The molecule has 144 valence electrons. The van der Waals surface area contributed by atoms with Crippen LogP contribution < -0.4 is 21.1 Å². The molecule has 0 radical (unpaired) electrons. The molecule has 0 saturated heterocycles. The smallest absolute Gasteiger partial charge is 0.251 e. The molecule has 0 aliphatic carbocycles. The number of carbonyl (C=O) groups excluding carboxylic acids is 2. The van der Waals surface area contributed by atoms with Crippen molar-refractivity contribution in [2.24, 2.45) is 5.73 Å². The van der Waals surface area contributed by atoms with E-state index < -0.39 is 0 Å². The van der Waals surface area contributed by atoms with E-state index in [9.17, 15) is 9.59 Å². The Labute approximate surface area is 160 Å². The molecular formula is C21H27N3O3.